The summed E-state index contributed by atoms with van der Waals surface area (Å²) in [6, 6.07) is 0. The third-order valence-corrected chi connectivity index (χ3v) is 3.63. The predicted molar refractivity (Wildman–Crippen MR) is 73.5 cm³/mol. The van der Waals surface area contributed by atoms with Crippen LogP contribution in [0.25, 0.3) is 0 Å². The maximum Gasteiger partial charge on any atom is 0.326 e. The molecule has 1 unspecified atom stereocenters. The fraction of sp³-hybridized carbons (Fsp3) is 0.786. The Bertz CT molecular complexity index is 281. The quantitative estimate of drug-likeness (QED) is 0.577. The van der Waals surface area contributed by atoms with Gasteiger partial charge in [0.25, 0.3) is 0 Å². The molecule has 4 heteroatoms. The zero-order valence-corrected chi connectivity index (χ0v) is 11.7. The van der Waals surface area contributed by atoms with E-state index in [1.54, 1.807) is 6.08 Å². The van der Waals surface area contributed by atoms with Crippen molar-refractivity contribution in [2.45, 2.75) is 38.6 Å². The van der Waals surface area contributed by atoms with Gasteiger partial charge in [0.2, 0.25) is 0 Å². The number of likely N-dealkylation sites (tertiary alicyclic amines) is 1. The van der Waals surface area contributed by atoms with E-state index in [0.717, 1.165) is 38.9 Å². The molecule has 0 aromatic heterocycles. The van der Waals surface area contributed by atoms with Gasteiger partial charge in [0.05, 0.1) is 6.61 Å². The third-order valence-electron chi connectivity index (χ3n) is 3.63. The number of hydrogen-bond acceptors (Lipinski definition) is 4. The Kier molecular flexibility index (Phi) is 6.36. The fourth-order valence-electron chi connectivity index (χ4n) is 2.50. The van der Waals surface area contributed by atoms with Gasteiger partial charge in [-0.15, -0.1) is 6.58 Å². The molecule has 1 aliphatic heterocycles. The summed E-state index contributed by atoms with van der Waals surface area (Å²) in [5.74, 6) is -0.107. The average molecular weight is 254 g/mol. The molecule has 0 amide bonds. The van der Waals surface area contributed by atoms with E-state index in [0.29, 0.717) is 13.2 Å². The van der Waals surface area contributed by atoms with E-state index < -0.39 is 5.54 Å². The molecule has 1 fully saturated rings. The lowest BCUT2D eigenvalue weighted by molar-refractivity contribution is -0.151. The normalized spacial score (nSPS) is 25.4. The first-order chi connectivity index (χ1) is 8.68. The first-order valence-electron chi connectivity index (χ1n) is 6.94. The van der Waals surface area contributed by atoms with Crippen LogP contribution < -0.4 is 5.32 Å². The summed E-state index contributed by atoms with van der Waals surface area (Å²) in [6.45, 7) is 11.9. The van der Waals surface area contributed by atoms with Crippen LogP contribution in [0.15, 0.2) is 12.7 Å². The van der Waals surface area contributed by atoms with Crippen molar-refractivity contribution in [1.82, 2.24) is 10.2 Å². The Morgan fingerprint density at radius 1 is 1.44 bits per heavy atom. The van der Waals surface area contributed by atoms with Crippen LogP contribution in [0.2, 0.25) is 0 Å². The SMILES string of the molecule is C=CCNC1(C(=O)OCC)CCCN(CC)CC1. The number of nitrogens with zero attached hydrogens (tertiary/aromatic N) is 1. The van der Waals surface area contributed by atoms with Crippen LogP contribution in [-0.2, 0) is 9.53 Å². The molecule has 18 heavy (non-hydrogen) atoms. The van der Waals surface area contributed by atoms with Crippen molar-refractivity contribution in [2.75, 3.05) is 32.8 Å². The molecule has 1 N–H and O–H groups in total. The Balaban J connectivity index is 2.75. The van der Waals surface area contributed by atoms with Gasteiger partial charge in [0, 0.05) is 13.1 Å². The van der Waals surface area contributed by atoms with E-state index in [2.05, 4.69) is 23.7 Å². The van der Waals surface area contributed by atoms with Crippen LogP contribution in [0.3, 0.4) is 0 Å². The highest BCUT2D eigenvalue weighted by molar-refractivity contribution is 5.81. The van der Waals surface area contributed by atoms with Crippen LogP contribution in [0.4, 0.5) is 0 Å². The van der Waals surface area contributed by atoms with E-state index in [1.165, 1.54) is 0 Å². The highest BCUT2D eigenvalue weighted by atomic mass is 16.5. The van der Waals surface area contributed by atoms with Gasteiger partial charge in [0.15, 0.2) is 0 Å². The van der Waals surface area contributed by atoms with Gasteiger partial charge < -0.3 is 9.64 Å². The van der Waals surface area contributed by atoms with Crippen molar-refractivity contribution in [3.63, 3.8) is 0 Å². The van der Waals surface area contributed by atoms with Crippen LogP contribution >= 0.6 is 0 Å². The van der Waals surface area contributed by atoms with Crippen molar-refractivity contribution in [2.24, 2.45) is 0 Å². The Hall–Kier alpha value is -0.870. The number of hydrogen-bond donors (Lipinski definition) is 1. The summed E-state index contributed by atoms with van der Waals surface area (Å²) >= 11 is 0. The molecule has 0 radical (unpaired) electrons. The van der Waals surface area contributed by atoms with E-state index in [9.17, 15) is 4.79 Å². The first kappa shape index (κ1) is 15.2. The second kappa shape index (κ2) is 7.54. The number of esters is 1. The zero-order chi connectivity index (χ0) is 13.4. The van der Waals surface area contributed by atoms with Crippen LogP contribution in [0.5, 0.6) is 0 Å². The van der Waals surface area contributed by atoms with Crippen molar-refractivity contribution in [3.05, 3.63) is 12.7 Å². The van der Waals surface area contributed by atoms with E-state index in [-0.39, 0.29) is 5.97 Å². The summed E-state index contributed by atoms with van der Waals surface area (Å²) in [5, 5.41) is 3.33. The fourth-order valence-corrected chi connectivity index (χ4v) is 2.50. The molecule has 0 aliphatic carbocycles. The number of carbonyl (C=O) groups is 1. The summed E-state index contributed by atoms with van der Waals surface area (Å²) in [6.07, 6.45) is 4.48. The Morgan fingerprint density at radius 3 is 2.83 bits per heavy atom. The number of rotatable bonds is 6. The van der Waals surface area contributed by atoms with Gasteiger partial charge in [0.1, 0.15) is 5.54 Å². The topological polar surface area (TPSA) is 41.6 Å². The lowest BCUT2D eigenvalue weighted by Crippen LogP contribution is -2.53. The minimum absolute atomic E-state index is 0.107. The third kappa shape index (κ3) is 3.82. The summed E-state index contributed by atoms with van der Waals surface area (Å²) in [4.78, 5) is 14.6. The monoisotopic (exact) mass is 254 g/mol. The number of nitrogens with one attached hydrogen (secondary N) is 1. The maximum absolute atomic E-state index is 12.2. The molecule has 0 aromatic carbocycles. The lowest BCUT2D eigenvalue weighted by atomic mass is 9.90. The summed E-state index contributed by atoms with van der Waals surface area (Å²) in [7, 11) is 0. The van der Waals surface area contributed by atoms with Gasteiger partial charge in [-0.3, -0.25) is 10.1 Å². The molecule has 1 atom stereocenters. The zero-order valence-electron chi connectivity index (χ0n) is 11.7. The minimum atomic E-state index is -0.520. The van der Waals surface area contributed by atoms with Gasteiger partial charge in [-0.25, -0.2) is 0 Å². The average Bonchev–Trinajstić information content (AvgIpc) is 2.60. The van der Waals surface area contributed by atoms with Crippen LogP contribution in [0.1, 0.15) is 33.1 Å². The van der Waals surface area contributed by atoms with Crippen molar-refractivity contribution in [1.29, 1.82) is 0 Å². The second-order valence-corrected chi connectivity index (χ2v) is 4.76. The molecule has 4 nitrogen and oxygen atoms in total. The summed E-state index contributed by atoms with van der Waals surface area (Å²) in [5.41, 5.74) is -0.520. The molecule has 1 rings (SSSR count). The van der Waals surface area contributed by atoms with Crippen LogP contribution in [-0.4, -0.2) is 49.2 Å². The first-order valence-corrected chi connectivity index (χ1v) is 6.94. The molecule has 1 heterocycles. The number of carbonyl (C=O) groups excluding carboxylic acids is 1. The van der Waals surface area contributed by atoms with Crippen LogP contribution in [0, 0.1) is 0 Å². The molecule has 1 aliphatic rings. The molecular weight excluding hydrogens is 228 g/mol. The Morgan fingerprint density at radius 2 is 2.22 bits per heavy atom. The molecule has 0 spiro atoms. The minimum Gasteiger partial charge on any atom is -0.465 e. The second-order valence-electron chi connectivity index (χ2n) is 4.76. The molecule has 1 saturated heterocycles. The Labute approximate surface area is 110 Å². The highest BCUT2D eigenvalue weighted by Gasteiger charge is 2.40. The smallest absolute Gasteiger partial charge is 0.326 e. The van der Waals surface area contributed by atoms with Crippen molar-refractivity contribution in [3.8, 4) is 0 Å². The molecular formula is C14H26N2O2. The van der Waals surface area contributed by atoms with Crippen molar-refractivity contribution < 1.29 is 9.53 Å². The molecule has 0 bridgehead atoms. The lowest BCUT2D eigenvalue weighted by Gasteiger charge is -2.31. The van der Waals surface area contributed by atoms with Gasteiger partial charge >= 0.3 is 5.97 Å². The predicted octanol–water partition coefficient (Wildman–Crippen LogP) is 1.57. The van der Waals surface area contributed by atoms with Gasteiger partial charge in [-0.2, -0.15) is 0 Å². The van der Waals surface area contributed by atoms with E-state index >= 15 is 0 Å². The standard InChI is InChI=1S/C14H26N2O2/c1-4-10-15-14(13(17)18-6-3)8-7-11-16(5-2)12-9-14/h4,15H,1,5-12H2,2-3H3. The van der Waals surface area contributed by atoms with E-state index in [1.807, 2.05) is 6.92 Å². The van der Waals surface area contributed by atoms with Gasteiger partial charge in [-0.1, -0.05) is 13.0 Å². The van der Waals surface area contributed by atoms with E-state index in [4.69, 9.17) is 4.74 Å². The molecule has 104 valence electrons. The molecule has 0 saturated carbocycles. The highest BCUT2D eigenvalue weighted by Crippen LogP contribution is 2.24. The van der Waals surface area contributed by atoms with Gasteiger partial charge in [-0.05, 0) is 39.3 Å². The largest absolute Gasteiger partial charge is 0.465 e. The summed E-state index contributed by atoms with van der Waals surface area (Å²) < 4.78 is 5.25. The maximum atomic E-state index is 12.2. The number of ether oxygens (including phenoxy) is 1. The molecule has 0 aromatic rings. The van der Waals surface area contributed by atoms with Crippen molar-refractivity contribution >= 4 is 5.97 Å².